The van der Waals surface area contributed by atoms with Crippen LogP contribution < -0.4 is 4.74 Å². The SMILES string of the molecule is CC(C)(C)Sc1ccc(Oc2ccc(Sc3ccc(Sc4ccc(C(C)(C)C)cc4)cc3)cc2)cc1. The third kappa shape index (κ3) is 8.12. The minimum absolute atomic E-state index is 0.184. The molecule has 0 saturated heterocycles. The summed E-state index contributed by atoms with van der Waals surface area (Å²) in [6.45, 7) is 13.4. The predicted molar refractivity (Wildman–Crippen MR) is 158 cm³/mol. The molecule has 4 rings (SSSR count). The molecule has 0 aliphatic rings. The number of hydrogen-bond acceptors (Lipinski definition) is 4. The Balaban J connectivity index is 1.31. The van der Waals surface area contributed by atoms with Crippen LogP contribution in [0, 0.1) is 0 Å². The van der Waals surface area contributed by atoms with Crippen LogP contribution in [0.15, 0.2) is 122 Å². The summed E-state index contributed by atoms with van der Waals surface area (Å²) < 4.78 is 6.25. The molecule has 0 N–H and O–H groups in total. The normalized spacial score (nSPS) is 11.9. The number of ether oxygens (including phenoxy) is 1. The number of hydrogen-bond donors (Lipinski definition) is 0. The third-order valence-corrected chi connectivity index (χ3v) is 8.47. The molecule has 4 heteroatoms. The second kappa shape index (κ2) is 11.4. The number of rotatable bonds is 7. The largest absolute Gasteiger partial charge is 0.457 e. The van der Waals surface area contributed by atoms with E-state index in [1.54, 1.807) is 23.5 Å². The van der Waals surface area contributed by atoms with Gasteiger partial charge in [0.2, 0.25) is 0 Å². The highest BCUT2D eigenvalue weighted by Gasteiger charge is 2.13. The molecular weight excluding hydrogens is 497 g/mol. The van der Waals surface area contributed by atoms with E-state index in [1.807, 2.05) is 36.0 Å². The van der Waals surface area contributed by atoms with E-state index in [0.717, 1.165) is 11.5 Å². The second-order valence-corrected chi connectivity index (χ2v) is 14.9. The van der Waals surface area contributed by atoms with E-state index in [1.165, 1.54) is 30.0 Å². The average Bonchev–Trinajstić information content (AvgIpc) is 2.82. The summed E-state index contributed by atoms with van der Waals surface area (Å²) >= 11 is 5.42. The van der Waals surface area contributed by atoms with Crippen LogP contribution in [0.3, 0.4) is 0 Å². The van der Waals surface area contributed by atoms with E-state index in [-0.39, 0.29) is 10.2 Å². The van der Waals surface area contributed by atoms with Gasteiger partial charge in [0.25, 0.3) is 0 Å². The van der Waals surface area contributed by atoms with Crippen molar-refractivity contribution in [1.82, 2.24) is 0 Å². The van der Waals surface area contributed by atoms with Gasteiger partial charge < -0.3 is 4.74 Å². The Kier molecular flexibility index (Phi) is 8.49. The van der Waals surface area contributed by atoms with E-state index >= 15 is 0 Å². The zero-order valence-corrected chi connectivity index (χ0v) is 24.3. The Morgan fingerprint density at radius 2 is 0.778 bits per heavy atom. The Hall–Kier alpha value is -2.27. The fourth-order valence-corrected chi connectivity index (χ4v) is 6.12. The molecule has 0 aromatic heterocycles. The van der Waals surface area contributed by atoms with Gasteiger partial charge in [-0.05, 0) is 95.9 Å². The number of benzene rings is 4. The molecule has 0 atom stereocenters. The van der Waals surface area contributed by atoms with Gasteiger partial charge in [-0.1, -0.05) is 77.2 Å². The van der Waals surface area contributed by atoms with Crippen molar-refractivity contribution < 1.29 is 4.74 Å². The van der Waals surface area contributed by atoms with Gasteiger partial charge in [0.15, 0.2) is 0 Å². The Morgan fingerprint density at radius 3 is 1.14 bits per heavy atom. The predicted octanol–water partition coefficient (Wildman–Crippen LogP) is 11.0. The van der Waals surface area contributed by atoms with Crippen LogP contribution in [0.1, 0.15) is 47.1 Å². The van der Waals surface area contributed by atoms with Gasteiger partial charge in [-0.25, -0.2) is 0 Å². The lowest BCUT2D eigenvalue weighted by Gasteiger charge is -2.19. The molecule has 0 amide bonds. The molecule has 0 radical (unpaired) electrons. The fourth-order valence-electron chi connectivity index (χ4n) is 3.51. The van der Waals surface area contributed by atoms with Crippen LogP contribution in [-0.4, -0.2) is 4.75 Å². The first-order chi connectivity index (χ1) is 17.0. The minimum atomic E-state index is 0.184. The van der Waals surface area contributed by atoms with Gasteiger partial charge in [-0.15, -0.1) is 11.8 Å². The number of thioether (sulfide) groups is 1. The maximum Gasteiger partial charge on any atom is 0.127 e. The molecule has 4 aromatic carbocycles. The van der Waals surface area contributed by atoms with Gasteiger partial charge in [-0.2, -0.15) is 0 Å². The molecule has 1 nitrogen and oxygen atoms in total. The highest BCUT2D eigenvalue weighted by molar-refractivity contribution is 8.00. The first-order valence-electron chi connectivity index (χ1n) is 12.2. The second-order valence-electron chi connectivity index (χ2n) is 10.7. The zero-order valence-electron chi connectivity index (χ0n) is 21.9. The van der Waals surface area contributed by atoms with Gasteiger partial charge in [0.05, 0.1) is 0 Å². The fraction of sp³-hybridized carbons (Fsp3) is 0.250. The Bertz CT molecular complexity index is 1250. The third-order valence-electron chi connectivity index (χ3n) is 5.32. The summed E-state index contributed by atoms with van der Waals surface area (Å²) in [6.07, 6.45) is 0. The standard InChI is InChI=1S/C32H34OS3/c1-31(2,3)23-7-13-26(14-8-23)34-28-19-21-29(22-20-28)35-27-15-9-24(10-16-27)33-25-11-17-30(18-12-25)36-32(4,5)6/h7-22H,1-6H3. The minimum Gasteiger partial charge on any atom is -0.457 e. The summed E-state index contributed by atoms with van der Waals surface area (Å²) in [7, 11) is 0. The maximum atomic E-state index is 6.05. The van der Waals surface area contributed by atoms with E-state index < -0.39 is 0 Å². The van der Waals surface area contributed by atoms with Crippen LogP contribution in [-0.2, 0) is 5.41 Å². The highest BCUT2D eigenvalue weighted by Crippen LogP contribution is 2.35. The van der Waals surface area contributed by atoms with Crippen molar-refractivity contribution in [3.05, 3.63) is 103 Å². The zero-order chi connectivity index (χ0) is 25.8. The molecular formula is C32H34OS3. The van der Waals surface area contributed by atoms with Gasteiger partial charge in [0.1, 0.15) is 11.5 Å². The van der Waals surface area contributed by atoms with Crippen LogP contribution in [0.4, 0.5) is 0 Å². The molecule has 0 aliphatic heterocycles. The molecule has 0 heterocycles. The van der Waals surface area contributed by atoms with Crippen LogP contribution in [0.5, 0.6) is 11.5 Å². The summed E-state index contributed by atoms with van der Waals surface area (Å²) in [5.74, 6) is 1.70. The van der Waals surface area contributed by atoms with Gasteiger partial charge in [0, 0.05) is 29.2 Å². The van der Waals surface area contributed by atoms with E-state index in [2.05, 4.69) is 114 Å². The molecule has 0 spiro atoms. The summed E-state index contributed by atoms with van der Waals surface area (Å²) in [6, 6.07) is 34.3. The average molecular weight is 531 g/mol. The van der Waals surface area contributed by atoms with Crippen LogP contribution >= 0.6 is 35.3 Å². The molecule has 0 aliphatic carbocycles. The van der Waals surface area contributed by atoms with Crippen molar-refractivity contribution in [2.24, 2.45) is 0 Å². The first kappa shape index (κ1) is 26.8. The van der Waals surface area contributed by atoms with Crippen molar-refractivity contribution >= 4 is 35.3 Å². The molecule has 36 heavy (non-hydrogen) atoms. The lowest BCUT2D eigenvalue weighted by Crippen LogP contribution is -2.10. The van der Waals surface area contributed by atoms with Crippen molar-refractivity contribution in [2.45, 2.75) is 76.2 Å². The molecule has 0 fully saturated rings. The monoisotopic (exact) mass is 530 g/mol. The van der Waals surface area contributed by atoms with Crippen molar-refractivity contribution in [2.75, 3.05) is 0 Å². The molecule has 186 valence electrons. The summed E-state index contributed by atoms with van der Waals surface area (Å²) in [4.78, 5) is 6.19. The Morgan fingerprint density at radius 1 is 0.444 bits per heavy atom. The van der Waals surface area contributed by atoms with Crippen molar-refractivity contribution in [3.63, 3.8) is 0 Å². The van der Waals surface area contributed by atoms with E-state index in [4.69, 9.17) is 4.74 Å². The molecule has 4 aromatic rings. The van der Waals surface area contributed by atoms with Crippen LogP contribution in [0.25, 0.3) is 0 Å². The first-order valence-corrected chi connectivity index (χ1v) is 14.6. The van der Waals surface area contributed by atoms with Crippen LogP contribution in [0.2, 0.25) is 0 Å². The maximum absolute atomic E-state index is 6.05. The topological polar surface area (TPSA) is 9.23 Å². The molecule has 0 saturated carbocycles. The van der Waals surface area contributed by atoms with Crippen molar-refractivity contribution in [1.29, 1.82) is 0 Å². The lowest BCUT2D eigenvalue weighted by atomic mass is 9.87. The van der Waals surface area contributed by atoms with Gasteiger partial charge >= 0.3 is 0 Å². The lowest BCUT2D eigenvalue weighted by molar-refractivity contribution is 0.482. The highest BCUT2D eigenvalue weighted by atomic mass is 32.2. The summed E-state index contributed by atoms with van der Waals surface area (Å²) in [5.41, 5.74) is 1.55. The molecule has 0 unspecified atom stereocenters. The van der Waals surface area contributed by atoms with Gasteiger partial charge in [-0.3, -0.25) is 0 Å². The smallest absolute Gasteiger partial charge is 0.127 e. The van der Waals surface area contributed by atoms with E-state index in [9.17, 15) is 0 Å². The molecule has 0 bridgehead atoms. The quantitative estimate of drug-likeness (QED) is 0.220. The summed E-state index contributed by atoms with van der Waals surface area (Å²) in [5, 5.41) is 0. The van der Waals surface area contributed by atoms with E-state index in [0.29, 0.717) is 0 Å². The van der Waals surface area contributed by atoms with Crippen molar-refractivity contribution in [3.8, 4) is 11.5 Å². The Labute approximate surface area is 229 Å².